The van der Waals surface area contributed by atoms with Gasteiger partial charge in [0, 0.05) is 24.9 Å². The number of aryl methyl sites for hydroxylation is 1. The molecule has 1 fully saturated rings. The number of anilines is 1. The van der Waals surface area contributed by atoms with Crippen molar-refractivity contribution in [1.29, 1.82) is 0 Å². The summed E-state index contributed by atoms with van der Waals surface area (Å²) in [6, 6.07) is 5.36. The fourth-order valence-electron chi connectivity index (χ4n) is 2.26. The zero-order valence-corrected chi connectivity index (χ0v) is 13.2. The van der Waals surface area contributed by atoms with E-state index in [4.69, 9.17) is 0 Å². The summed E-state index contributed by atoms with van der Waals surface area (Å²) in [4.78, 5) is 29.7. The predicted molar refractivity (Wildman–Crippen MR) is 85.1 cm³/mol. The maximum Gasteiger partial charge on any atom is 0.274 e. The van der Waals surface area contributed by atoms with Crippen LogP contribution in [0.3, 0.4) is 0 Å². The molecule has 2 heterocycles. The molecule has 1 saturated carbocycles. The molecule has 1 aliphatic rings. The van der Waals surface area contributed by atoms with Crippen molar-refractivity contribution in [2.45, 2.75) is 25.7 Å². The maximum atomic E-state index is 12.3. The Morgan fingerprint density at radius 2 is 2.17 bits per heavy atom. The van der Waals surface area contributed by atoms with E-state index >= 15 is 0 Å². The molecule has 2 N–H and O–H groups in total. The van der Waals surface area contributed by atoms with Crippen molar-refractivity contribution in [1.82, 2.24) is 20.1 Å². The van der Waals surface area contributed by atoms with Crippen LogP contribution < -0.4 is 5.32 Å². The van der Waals surface area contributed by atoms with E-state index in [1.165, 1.54) is 4.90 Å². The van der Waals surface area contributed by atoms with E-state index in [2.05, 4.69) is 20.5 Å². The molecule has 0 aromatic carbocycles. The molecule has 0 aliphatic heterocycles. The molecule has 0 saturated heterocycles. The molecule has 2 aromatic rings. The van der Waals surface area contributed by atoms with E-state index in [-0.39, 0.29) is 18.4 Å². The Morgan fingerprint density at radius 1 is 1.39 bits per heavy atom. The third kappa shape index (κ3) is 3.74. The Hall–Kier alpha value is -2.70. The van der Waals surface area contributed by atoms with Crippen molar-refractivity contribution >= 4 is 17.6 Å². The van der Waals surface area contributed by atoms with Gasteiger partial charge in [0.25, 0.3) is 5.91 Å². The van der Waals surface area contributed by atoms with E-state index < -0.39 is 0 Å². The minimum absolute atomic E-state index is 0.0555. The summed E-state index contributed by atoms with van der Waals surface area (Å²) >= 11 is 0. The maximum absolute atomic E-state index is 12.3. The average molecular weight is 313 g/mol. The van der Waals surface area contributed by atoms with Crippen molar-refractivity contribution in [3.8, 4) is 0 Å². The lowest BCUT2D eigenvalue weighted by Crippen LogP contribution is -2.35. The van der Waals surface area contributed by atoms with Crippen molar-refractivity contribution in [2.24, 2.45) is 0 Å². The monoisotopic (exact) mass is 313 g/mol. The number of H-pyrrole nitrogens is 1. The number of pyridine rings is 1. The Balaban J connectivity index is 1.56. The summed E-state index contributed by atoms with van der Waals surface area (Å²) in [6.07, 6.45) is 3.95. The number of likely N-dealkylation sites (N-methyl/N-ethyl adjacent to an activating group) is 1. The number of nitrogens with zero attached hydrogens (tertiary/aromatic N) is 3. The number of carbonyl (C=O) groups is 2. The van der Waals surface area contributed by atoms with E-state index in [1.54, 1.807) is 25.4 Å². The number of amides is 2. The summed E-state index contributed by atoms with van der Waals surface area (Å²) in [7, 11) is 1.58. The van der Waals surface area contributed by atoms with Crippen LogP contribution in [0.4, 0.5) is 5.82 Å². The van der Waals surface area contributed by atoms with Gasteiger partial charge in [-0.15, -0.1) is 0 Å². The summed E-state index contributed by atoms with van der Waals surface area (Å²) in [5, 5.41) is 9.60. The summed E-state index contributed by atoms with van der Waals surface area (Å²) in [5.41, 5.74) is 2.35. The Bertz CT molecular complexity index is 718. The molecular formula is C16H19N5O2. The van der Waals surface area contributed by atoms with Crippen LogP contribution in [0, 0.1) is 6.92 Å². The fourth-order valence-corrected chi connectivity index (χ4v) is 2.26. The van der Waals surface area contributed by atoms with Gasteiger partial charge in [0.1, 0.15) is 11.5 Å². The topological polar surface area (TPSA) is 91.0 Å². The quantitative estimate of drug-likeness (QED) is 0.879. The molecule has 23 heavy (non-hydrogen) atoms. The fraction of sp³-hybridized carbons (Fsp3) is 0.375. The van der Waals surface area contributed by atoms with Crippen LogP contribution in [0.1, 0.15) is 40.5 Å². The van der Waals surface area contributed by atoms with Crippen LogP contribution in [-0.2, 0) is 4.79 Å². The van der Waals surface area contributed by atoms with Crippen LogP contribution >= 0.6 is 0 Å². The van der Waals surface area contributed by atoms with Crippen molar-refractivity contribution in [3.63, 3.8) is 0 Å². The van der Waals surface area contributed by atoms with Crippen molar-refractivity contribution in [3.05, 3.63) is 41.3 Å². The lowest BCUT2D eigenvalue weighted by Gasteiger charge is -2.15. The summed E-state index contributed by atoms with van der Waals surface area (Å²) in [6.45, 7) is 1.87. The van der Waals surface area contributed by atoms with Gasteiger partial charge in [-0.05, 0) is 37.5 Å². The number of hydrogen-bond acceptors (Lipinski definition) is 4. The molecule has 0 atom stereocenters. The minimum atomic E-state index is -0.296. The van der Waals surface area contributed by atoms with Crippen LogP contribution in [0.5, 0.6) is 0 Å². The number of aromatic nitrogens is 3. The zero-order valence-electron chi connectivity index (χ0n) is 13.2. The second kappa shape index (κ2) is 6.20. The van der Waals surface area contributed by atoms with Gasteiger partial charge >= 0.3 is 0 Å². The standard InChI is InChI=1S/C16H19N5O2/c1-10-3-6-14(17-8-10)18-15(22)9-21(2)16(23)13-7-12(19-20-13)11-4-5-11/h3,6-8,11H,4-5,9H2,1-2H3,(H,19,20)(H,17,18,22). The largest absolute Gasteiger partial charge is 0.331 e. The molecule has 2 aromatic heterocycles. The van der Waals surface area contributed by atoms with Gasteiger partial charge in [-0.3, -0.25) is 14.7 Å². The first kappa shape index (κ1) is 15.2. The van der Waals surface area contributed by atoms with Gasteiger partial charge < -0.3 is 10.2 Å². The van der Waals surface area contributed by atoms with E-state index in [9.17, 15) is 9.59 Å². The van der Waals surface area contributed by atoms with Gasteiger partial charge in [-0.2, -0.15) is 5.10 Å². The zero-order chi connectivity index (χ0) is 16.4. The predicted octanol–water partition coefficient (Wildman–Crippen LogP) is 1.70. The van der Waals surface area contributed by atoms with Gasteiger partial charge in [0.15, 0.2) is 0 Å². The molecule has 7 heteroatoms. The Kier molecular flexibility index (Phi) is 4.10. The van der Waals surface area contributed by atoms with Crippen molar-refractivity contribution in [2.75, 3.05) is 18.9 Å². The van der Waals surface area contributed by atoms with Crippen LogP contribution in [0.25, 0.3) is 0 Å². The van der Waals surface area contributed by atoms with E-state index in [0.717, 1.165) is 24.1 Å². The van der Waals surface area contributed by atoms with E-state index in [1.807, 2.05) is 13.0 Å². The first-order chi connectivity index (χ1) is 11.0. The third-order valence-corrected chi connectivity index (χ3v) is 3.74. The highest BCUT2D eigenvalue weighted by Gasteiger charge is 2.27. The van der Waals surface area contributed by atoms with Crippen LogP contribution in [-0.4, -0.2) is 45.5 Å². The number of carbonyl (C=O) groups excluding carboxylic acids is 2. The minimum Gasteiger partial charge on any atom is -0.331 e. The van der Waals surface area contributed by atoms with Gasteiger partial charge in [-0.25, -0.2) is 4.98 Å². The first-order valence-electron chi connectivity index (χ1n) is 7.56. The highest BCUT2D eigenvalue weighted by Crippen LogP contribution is 2.39. The molecule has 120 valence electrons. The SMILES string of the molecule is Cc1ccc(NC(=O)CN(C)C(=O)c2cc(C3CC3)[nH]n2)nc1. The van der Waals surface area contributed by atoms with Crippen molar-refractivity contribution < 1.29 is 9.59 Å². The molecule has 2 amide bonds. The second-order valence-electron chi connectivity index (χ2n) is 5.91. The van der Waals surface area contributed by atoms with E-state index in [0.29, 0.717) is 17.4 Å². The highest BCUT2D eigenvalue weighted by molar-refractivity contribution is 5.98. The Labute approximate surface area is 134 Å². The lowest BCUT2D eigenvalue weighted by atomic mass is 10.2. The third-order valence-electron chi connectivity index (χ3n) is 3.74. The number of nitrogens with one attached hydrogen (secondary N) is 2. The molecule has 0 unspecified atom stereocenters. The van der Waals surface area contributed by atoms with Crippen LogP contribution in [0.2, 0.25) is 0 Å². The molecule has 0 radical (unpaired) electrons. The Morgan fingerprint density at radius 3 is 2.83 bits per heavy atom. The molecule has 3 rings (SSSR count). The van der Waals surface area contributed by atoms with Gasteiger partial charge in [0.05, 0.1) is 6.54 Å². The number of aromatic amines is 1. The number of hydrogen-bond donors (Lipinski definition) is 2. The molecule has 0 bridgehead atoms. The van der Waals surface area contributed by atoms with Crippen LogP contribution in [0.15, 0.2) is 24.4 Å². The summed E-state index contributed by atoms with van der Waals surface area (Å²) in [5.74, 6) is 0.401. The number of rotatable bonds is 5. The smallest absolute Gasteiger partial charge is 0.274 e. The molecule has 1 aliphatic carbocycles. The molecule has 0 spiro atoms. The first-order valence-corrected chi connectivity index (χ1v) is 7.56. The highest BCUT2D eigenvalue weighted by atomic mass is 16.2. The second-order valence-corrected chi connectivity index (χ2v) is 5.91. The molecular weight excluding hydrogens is 294 g/mol. The van der Waals surface area contributed by atoms with Gasteiger partial charge in [0.2, 0.25) is 5.91 Å². The normalized spacial score (nSPS) is 13.7. The summed E-state index contributed by atoms with van der Waals surface area (Å²) < 4.78 is 0. The average Bonchev–Trinajstić information content (AvgIpc) is 3.26. The molecule has 7 nitrogen and oxygen atoms in total. The lowest BCUT2D eigenvalue weighted by molar-refractivity contribution is -0.116. The van der Waals surface area contributed by atoms with Gasteiger partial charge in [-0.1, -0.05) is 6.07 Å².